The number of H-pyrrole nitrogens is 1. The molecule has 0 radical (unpaired) electrons. The zero-order valence-corrected chi connectivity index (χ0v) is 16.5. The van der Waals surface area contributed by atoms with Gasteiger partial charge in [0.05, 0.1) is 6.54 Å². The van der Waals surface area contributed by atoms with Gasteiger partial charge in [-0.05, 0) is 11.6 Å². The van der Waals surface area contributed by atoms with Crippen LogP contribution in [0, 0.1) is 0 Å². The van der Waals surface area contributed by atoms with Gasteiger partial charge in [0.15, 0.2) is 0 Å². The molecule has 2 aromatic rings. The summed E-state index contributed by atoms with van der Waals surface area (Å²) in [5, 5.41) is 3.62. The monoisotopic (exact) mass is 399 g/mol. The molecule has 0 bridgehead atoms. The number of carbonyl (C=O) groups is 4. The topological polar surface area (TPSA) is 129 Å². The molecule has 1 aromatic heterocycles. The normalized spacial score (nSPS) is 17.8. The SMILES string of the molecule is CC(=O)N1CCN(C(C)=O)[C@H](C(=O)N[C@H](Cc2c[nH]c3ccccc23)C(N)=O)C1. The Morgan fingerprint density at radius 1 is 1.17 bits per heavy atom. The van der Waals surface area contributed by atoms with Gasteiger partial charge >= 0.3 is 0 Å². The Morgan fingerprint density at radius 3 is 2.55 bits per heavy atom. The third kappa shape index (κ3) is 4.39. The summed E-state index contributed by atoms with van der Waals surface area (Å²) >= 11 is 0. The van der Waals surface area contributed by atoms with Crippen LogP contribution in [0.5, 0.6) is 0 Å². The smallest absolute Gasteiger partial charge is 0.245 e. The minimum atomic E-state index is -0.941. The number of piperazine rings is 1. The van der Waals surface area contributed by atoms with Gasteiger partial charge in [0.25, 0.3) is 0 Å². The zero-order valence-electron chi connectivity index (χ0n) is 16.5. The molecule has 2 atom stereocenters. The minimum absolute atomic E-state index is 0.0827. The first kappa shape index (κ1) is 20.4. The van der Waals surface area contributed by atoms with E-state index in [1.54, 1.807) is 6.20 Å². The Kier molecular flexibility index (Phi) is 5.86. The molecule has 1 saturated heterocycles. The highest BCUT2D eigenvalue weighted by Crippen LogP contribution is 2.19. The molecule has 3 rings (SSSR count). The second-order valence-corrected chi connectivity index (χ2v) is 7.22. The summed E-state index contributed by atoms with van der Waals surface area (Å²) in [7, 11) is 0. The number of aromatic amines is 1. The molecule has 2 heterocycles. The molecule has 9 nitrogen and oxygen atoms in total. The van der Waals surface area contributed by atoms with E-state index in [2.05, 4.69) is 10.3 Å². The molecule has 0 aliphatic carbocycles. The van der Waals surface area contributed by atoms with Crippen LogP contribution in [0.3, 0.4) is 0 Å². The van der Waals surface area contributed by atoms with E-state index in [4.69, 9.17) is 5.73 Å². The lowest BCUT2D eigenvalue weighted by atomic mass is 10.0. The fraction of sp³-hybridized carbons (Fsp3) is 0.400. The molecule has 1 aromatic carbocycles. The molecule has 154 valence electrons. The second-order valence-electron chi connectivity index (χ2n) is 7.22. The number of aromatic nitrogens is 1. The average molecular weight is 399 g/mol. The largest absolute Gasteiger partial charge is 0.368 e. The summed E-state index contributed by atoms with van der Waals surface area (Å²) in [4.78, 5) is 54.7. The van der Waals surface area contributed by atoms with Gasteiger partial charge in [0, 0.05) is 50.5 Å². The van der Waals surface area contributed by atoms with Crippen molar-refractivity contribution in [3.05, 3.63) is 36.0 Å². The van der Waals surface area contributed by atoms with Crippen molar-refractivity contribution in [2.45, 2.75) is 32.4 Å². The number of nitrogens with zero attached hydrogens (tertiary/aromatic N) is 2. The van der Waals surface area contributed by atoms with Crippen LogP contribution in [-0.4, -0.2) is 70.1 Å². The summed E-state index contributed by atoms with van der Waals surface area (Å²) < 4.78 is 0. The van der Waals surface area contributed by atoms with Gasteiger partial charge in [-0.1, -0.05) is 18.2 Å². The number of amides is 4. The zero-order chi connectivity index (χ0) is 21.1. The molecule has 4 N–H and O–H groups in total. The average Bonchev–Trinajstić information content (AvgIpc) is 3.09. The molecule has 9 heteroatoms. The maximum atomic E-state index is 12.9. The Labute approximate surface area is 168 Å². The van der Waals surface area contributed by atoms with Crippen LogP contribution in [0.1, 0.15) is 19.4 Å². The molecule has 0 unspecified atom stereocenters. The number of nitrogens with two attached hydrogens (primary N) is 1. The minimum Gasteiger partial charge on any atom is -0.368 e. The Morgan fingerprint density at radius 2 is 1.90 bits per heavy atom. The predicted molar refractivity (Wildman–Crippen MR) is 107 cm³/mol. The third-order valence-corrected chi connectivity index (χ3v) is 5.29. The van der Waals surface area contributed by atoms with E-state index in [9.17, 15) is 19.2 Å². The highest BCUT2D eigenvalue weighted by molar-refractivity contribution is 5.93. The molecule has 4 amide bonds. The maximum Gasteiger partial charge on any atom is 0.245 e. The number of benzene rings is 1. The van der Waals surface area contributed by atoms with Crippen molar-refractivity contribution in [3.63, 3.8) is 0 Å². The number of rotatable bonds is 5. The number of fused-ring (bicyclic) bond motifs is 1. The van der Waals surface area contributed by atoms with Crippen molar-refractivity contribution in [2.75, 3.05) is 19.6 Å². The van der Waals surface area contributed by atoms with Gasteiger partial charge < -0.3 is 25.8 Å². The summed E-state index contributed by atoms with van der Waals surface area (Å²) in [6.45, 7) is 3.51. The Balaban J connectivity index is 1.78. The van der Waals surface area contributed by atoms with Gasteiger partial charge in [-0.15, -0.1) is 0 Å². The number of hydrogen-bond donors (Lipinski definition) is 3. The standard InChI is InChI=1S/C20H25N5O4/c1-12(26)24-7-8-25(13(2)27)18(11-24)20(29)23-17(19(21)28)9-14-10-22-16-6-4-3-5-15(14)16/h3-6,10,17-18,22H,7-9,11H2,1-2H3,(H2,21,28)(H,23,29)/t17-,18+/m1/s1. The molecule has 1 fully saturated rings. The van der Waals surface area contributed by atoms with Gasteiger partial charge in [-0.3, -0.25) is 19.2 Å². The number of primary amides is 1. The van der Waals surface area contributed by atoms with Crippen LogP contribution in [0.4, 0.5) is 0 Å². The molecule has 1 aliphatic heterocycles. The quantitative estimate of drug-likeness (QED) is 0.641. The highest BCUT2D eigenvalue weighted by Gasteiger charge is 2.36. The lowest BCUT2D eigenvalue weighted by Crippen LogP contribution is -2.62. The van der Waals surface area contributed by atoms with E-state index >= 15 is 0 Å². The highest BCUT2D eigenvalue weighted by atomic mass is 16.2. The van der Waals surface area contributed by atoms with Gasteiger partial charge in [0.2, 0.25) is 23.6 Å². The second kappa shape index (κ2) is 8.34. The van der Waals surface area contributed by atoms with Crippen molar-refractivity contribution in [1.82, 2.24) is 20.1 Å². The van der Waals surface area contributed by atoms with E-state index in [1.165, 1.54) is 23.6 Å². The van der Waals surface area contributed by atoms with Crippen LogP contribution >= 0.6 is 0 Å². The summed E-state index contributed by atoms with van der Waals surface area (Å²) in [6, 6.07) is 5.82. The van der Waals surface area contributed by atoms with Crippen molar-refractivity contribution < 1.29 is 19.2 Å². The first-order valence-electron chi connectivity index (χ1n) is 9.45. The van der Waals surface area contributed by atoms with Crippen molar-refractivity contribution in [1.29, 1.82) is 0 Å². The first-order chi connectivity index (χ1) is 13.8. The van der Waals surface area contributed by atoms with Crippen LogP contribution in [0.15, 0.2) is 30.5 Å². The molecule has 0 spiro atoms. The van der Waals surface area contributed by atoms with Gasteiger partial charge in [-0.2, -0.15) is 0 Å². The fourth-order valence-corrected chi connectivity index (χ4v) is 3.68. The predicted octanol–water partition coefficient (Wildman–Crippen LogP) is -0.240. The van der Waals surface area contributed by atoms with Crippen molar-refractivity contribution in [2.24, 2.45) is 5.73 Å². The van der Waals surface area contributed by atoms with E-state index < -0.39 is 23.9 Å². The van der Waals surface area contributed by atoms with Crippen LogP contribution < -0.4 is 11.1 Å². The van der Waals surface area contributed by atoms with Gasteiger partial charge in [-0.25, -0.2) is 0 Å². The van der Waals surface area contributed by atoms with E-state index in [0.717, 1.165) is 16.5 Å². The molecular weight excluding hydrogens is 374 g/mol. The molecule has 1 aliphatic rings. The van der Waals surface area contributed by atoms with Crippen LogP contribution in [0.25, 0.3) is 10.9 Å². The van der Waals surface area contributed by atoms with Gasteiger partial charge in [0.1, 0.15) is 12.1 Å². The van der Waals surface area contributed by atoms with E-state index in [0.29, 0.717) is 6.54 Å². The Hall–Kier alpha value is -3.36. The van der Waals surface area contributed by atoms with Crippen LogP contribution in [-0.2, 0) is 25.6 Å². The number of carbonyl (C=O) groups excluding carboxylic acids is 4. The van der Waals surface area contributed by atoms with Crippen molar-refractivity contribution in [3.8, 4) is 0 Å². The number of para-hydroxylation sites is 1. The van der Waals surface area contributed by atoms with Crippen molar-refractivity contribution >= 4 is 34.5 Å². The van der Waals surface area contributed by atoms with E-state index in [1.807, 2.05) is 24.3 Å². The summed E-state index contributed by atoms with van der Waals surface area (Å²) in [6.07, 6.45) is 2.00. The maximum absolute atomic E-state index is 12.9. The fourth-order valence-electron chi connectivity index (χ4n) is 3.68. The summed E-state index contributed by atoms with van der Waals surface area (Å²) in [5.41, 5.74) is 7.31. The molecular formula is C20H25N5O4. The molecule has 29 heavy (non-hydrogen) atoms. The van der Waals surface area contributed by atoms with Crippen LogP contribution in [0.2, 0.25) is 0 Å². The number of hydrogen-bond acceptors (Lipinski definition) is 4. The number of nitrogens with one attached hydrogen (secondary N) is 2. The molecule has 0 saturated carbocycles. The Bertz CT molecular complexity index is 953. The summed E-state index contributed by atoms with van der Waals surface area (Å²) in [5.74, 6) is -1.61. The lowest BCUT2D eigenvalue weighted by Gasteiger charge is -2.40. The van der Waals surface area contributed by atoms with E-state index in [-0.39, 0.29) is 31.3 Å². The third-order valence-electron chi connectivity index (χ3n) is 5.29. The lowest BCUT2D eigenvalue weighted by molar-refractivity contribution is -0.147. The first-order valence-corrected chi connectivity index (χ1v) is 9.45.